The minimum Gasteiger partial charge on any atom is -0.388 e. The van der Waals surface area contributed by atoms with Gasteiger partial charge in [-0.25, -0.2) is 9.67 Å². The smallest absolute Gasteiger partial charge is 0.191 e. The van der Waals surface area contributed by atoms with Crippen molar-refractivity contribution in [2.24, 2.45) is 4.99 Å². The highest BCUT2D eigenvalue weighted by atomic mass is 16.3. The van der Waals surface area contributed by atoms with Crippen molar-refractivity contribution in [1.29, 1.82) is 0 Å². The minimum absolute atomic E-state index is 0.298. The van der Waals surface area contributed by atoms with Crippen molar-refractivity contribution in [3.63, 3.8) is 0 Å². The molecule has 20 heavy (non-hydrogen) atoms. The lowest BCUT2D eigenvalue weighted by atomic mass is 9.80. The normalized spacial score (nSPS) is 24.7. The monoisotopic (exact) mass is 278 g/mol. The molecule has 0 aromatic carbocycles. The van der Waals surface area contributed by atoms with Gasteiger partial charge >= 0.3 is 0 Å². The highest BCUT2D eigenvalue weighted by Crippen LogP contribution is 2.30. The topological polar surface area (TPSA) is 87.4 Å². The second-order valence-corrected chi connectivity index (χ2v) is 5.74. The number of aliphatic imine (C=N–C) groups is 1. The first-order chi connectivity index (χ1) is 9.68. The third-order valence-corrected chi connectivity index (χ3v) is 4.24. The van der Waals surface area contributed by atoms with Crippen molar-refractivity contribution < 1.29 is 5.11 Å². The van der Waals surface area contributed by atoms with Crippen molar-refractivity contribution in [2.45, 2.75) is 50.3 Å². The number of aryl methyl sites for hydroxylation is 1. The molecular weight excluding hydrogens is 256 g/mol. The zero-order valence-electron chi connectivity index (χ0n) is 11.8. The number of nitrogens with one attached hydrogen (secondary N) is 2. The summed E-state index contributed by atoms with van der Waals surface area (Å²) < 4.78 is 1.94. The van der Waals surface area contributed by atoms with Crippen molar-refractivity contribution in [1.82, 2.24) is 25.4 Å². The van der Waals surface area contributed by atoms with E-state index in [2.05, 4.69) is 25.7 Å². The zero-order valence-corrected chi connectivity index (χ0v) is 11.8. The van der Waals surface area contributed by atoms with Crippen LogP contribution in [0.5, 0.6) is 0 Å². The van der Waals surface area contributed by atoms with E-state index in [1.807, 2.05) is 4.68 Å². The molecule has 1 fully saturated rings. The first kappa shape index (κ1) is 13.4. The zero-order chi connectivity index (χ0) is 14.0. The van der Waals surface area contributed by atoms with Crippen LogP contribution >= 0.6 is 0 Å². The molecule has 1 unspecified atom stereocenters. The summed E-state index contributed by atoms with van der Waals surface area (Å²) in [6, 6.07) is 0.298. The average molecular weight is 278 g/mol. The predicted molar refractivity (Wildman–Crippen MR) is 75.4 cm³/mol. The summed E-state index contributed by atoms with van der Waals surface area (Å²) in [5.74, 6) is 1.80. The number of hydrogen-bond donors (Lipinski definition) is 3. The van der Waals surface area contributed by atoms with Gasteiger partial charge in [0, 0.05) is 26.1 Å². The SMILES string of the molecule is CN=C(NCC1(O)CCC1)NC1CCc2ncnn2C1. The van der Waals surface area contributed by atoms with Crippen LogP contribution in [0.25, 0.3) is 0 Å². The molecule has 0 bridgehead atoms. The van der Waals surface area contributed by atoms with E-state index in [1.165, 1.54) is 0 Å². The quantitative estimate of drug-likeness (QED) is 0.521. The highest BCUT2D eigenvalue weighted by molar-refractivity contribution is 5.80. The highest BCUT2D eigenvalue weighted by Gasteiger charge is 2.34. The van der Waals surface area contributed by atoms with Crippen LogP contribution < -0.4 is 10.6 Å². The van der Waals surface area contributed by atoms with Gasteiger partial charge in [-0.3, -0.25) is 4.99 Å². The number of fused-ring (bicyclic) bond motifs is 1. The molecule has 1 aromatic heterocycles. The van der Waals surface area contributed by atoms with Gasteiger partial charge in [-0.2, -0.15) is 5.10 Å². The van der Waals surface area contributed by atoms with Crippen LogP contribution in [0.15, 0.2) is 11.3 Å². The fourth-order valence-electron chi connectivity index (χ4n) is 2.75. The van der Waals surface area contributed by atoms with Gasteiger partial charge in [0.05, 0.1) is 12.1 Å². The van der Waals surface area contributed by atoms with Gasteiger partial charge in [-0.05, 0) is 25.7 Å². The molecule has 2 heterocycles. The van der Waals surface area contributed by atoms with Crippen LogP contribution in [0.2, 0.25) is 0 Å². The van der Waals surface area contributed by atoms with E-state index in [4.69, 9.17) is 0 Å². The number of aromatic nitrogens is 3. The van der Waals surface area contributed by atoms with Gasteiger partial charge in [-0.1, -0.05) is 0 Å². The first-order valence-corrected chi connectivity index (χ1v) is 7.25. The van der Waals surface area contributed by atoms with Crippen molar-refractivity contribution in [3.8, 4) is 0 Å². The molecular formula is C13H22N6O. The molecule has 7 nitrogen and oxygen atoms in total. The third-order valence-electron chi connectivity index (χ3n) is 4.24. The Morgan fingerprint density at radius 1 is 1.60 bits per heavy atom. The van der Waals surface area contributed by atoms with Gasteiger partial charge in [-0.15, -0.1) is 0 Å². The van der Waals surface area contributed by atoms with Crippen LogP contribution in [-0.4, -0.2) is 51.1 Å². The van der Waals surface area contributed by atoms with Gasteiger partial charge in [0.1, 0.15) is 12.2 Å². The number of rotatable bonds is 3. The second kappa shape index (κ2) is 5.40. The number of aliphatic hydroxyl groups is 1. The maximum absolute atomic E-state index is 10.1. The lowest BCUT2D eigenvalue weighted by molar-refractivity contribution is -0.0279. The second-order valence-electron chi connectivity index (χ2n) is 5.74. The van der Waals surface area contributed by atoms with E-state index < -0.39 is 5.60 Å². The number of guanidine groups is 1. The summed E-state index contributed by atoms with van der Waals surface area (Å²) >= 11 is 0. The minimum atomic E-state index is -0.538. The Morgan fingerprint density at radius 3 is 3.15 bits per heavy atom. The lowest BCUT2D eigenvalue weighted by Gasteiger charge is -2.37. The number of hydrogen-bond acceptors (Lipinski definition) is 4. The third kappa shape index (κ3) is 2.77. The Morgan fingerprint density at radius 2 is 2.45 bits per heavy atom. The van der Waals surface area contributed by atoms with Gasteiger partial charge < -0.3 is 15.7 Å². The van der Waals surface area contributed by atoms with E-state index >= 15 is 0 Å². The Labute approximate surface area is 118 Å². The van der Waals surface area contributed by atoms with E-state index in [0.717, 1.165) is 50.4 Å². The van der Waals surface area contributed by atoms with Gasteiger partial charge in [0.25, 0.3) is 0 Å². The molecule has 110 valence electrons. The fraction of sp³-hybridized carbons (Fsp3) is 0.769. The van der Waals surface area contributed by atoms with Crippen LogP contribution in [0.4, 0.5) is 0 Å². The molecule has 3 rings (SSSR count). The van der Waals surface area contributed by atoms with Crippen LogP contribution in [0, 0.1) is 0 Å². The Balaban J connectivity index is 1.51. The lowest BCUT2D eigenvalue weighted by Crippen LogP contribution is -2.53. The molecule has 3 N–H and O–H groups in total. The average Bonchev–Trinajstić information content (AvgIpc) is 2.88. The molecule has 1 saturated carbocycles. The molecule has 1 aliphatic carbocycles. The predicted octanol–water partition coefficient (Wildman–Crippen LogP) is -0.327. The van der Waals surface area contributed by atoms with Crippen LogP contribution in [0.3, 0.4) is 0 Å². The van der Waals surface area contributed by atoms with Crippen LogP contribution in [-0.2, 0) is 13.0 Å². The first-order valence-electron chi connectivity index (χ1n) is 7.25. The summed E-state index contributed by atoms with van der Waals surface area (Å²) in [5, 5.41) is 20.9. The summed E-state index contributed by atoms with van der Waals surface area (Å²) in [7, 11) is 1.75. The Bertz CT molecular complexity index is 493. The Hall–Kier alpha value is -1.63. The molecule has 1 atom stereocenters. The summed E-state index contributed by atoms with van der Waals surface area (Å²) in [6.07, 6.45) is 6.42. The maximum Gasteiger partial charge on any atom is 0.191 e. The largest absolute Gasteiger partial charge is 0.388 e. The summed E-state index contributed by atoms with van der Waals surface area (Å²) in [6.45, 7) is 1.37. The van der Waals surface area contributed by atoms with Crippen molar-refractivity contribution in [2.75, 3.05) is 13.6 Å². The summed E-state index contributed by atoms with van der Waals surface area (Å²) in [5.41, 5.74) is -0.538. The van der Waals surface area contributed by atoms with E-state index in [0.29, 0.717) is 12.6 Å². The molecule has 7 heteroatoms. The summed E-state index contributed by atoms with van der Waals surface area (Å²) in [4.78, 5) is 8.45. The van der Waals surface area contributed by atoms with E-state index in [1.54, 1.807) is 13.4 Å². The molecule has 0 amide bonds. The molecule has 1 aliphatic heterocycles. The molecule has 0 saturated heterocycles. The van der Waals surface area contributed by atoms with Crippen molar-refractivity contribution >= 4 is 5.96 Å². The van der Waals surface area contributed by atoms with E-state index in [-0.39, 0.29) is 0 Å². The van der Waals surface area contributed by atoms with Crippen LogP contribution in [0.1, 0.15) is 31.5 Å². The standard InChI is InChI=1S/C13H22N6O/c1-14-12(15-8-13(20)5-2-6-13)18-10-3-4-11-16-9-17-19(11)7-10/h9-10,20H,2-8H2,1H3,(H2,14,15,18). The Kier molecular flexibility index (Phi) is 3.60. The molecule has 2 aliphatic rings. The number of nitrogens with zero attached hydrogens (tertiary/aromatic N) is 4. The van der Waals surface area contributed by atoms with E-state index in [9.17, 15) is 5.11 Å². The van der Waals surface area contributed by atoms with Crippen molar-refractivity contribution in [3.05, 3.63) is 12.2 Å². The molecule has 0 spiro atoms. The molecule has 0 radical (unpaired) electrons. The van der Waals surface area contributed by atoms with Gasteiger partial charge in [0.2, 0.25) is 0 Å². The maximum atomic E-state index is 10.1. The fourth-order valence-corrected chi connectivity index (χ4v) is 2.75. The molecule has 1 aromatic rings. The van der Waals surface area contributed by atoms with Gasteiger partial charge in [0.15, 0.2) is 5.96 Å².